The van der Waals surface area contributed by atoms with Crippen molar-refractivity contribution in [3.8, 4) is 17.3 Å². The molecule has 0 spiro atoms. The molecule has 3 amide bonds. The maximum absolute atomic E-state index is 13.9. The van der Waals surface area contributed by atoms with Crippen molar-refractivity contribution < 1.29 is 27.2 Å². The van der Waals surface area contributed by atoms with Gasteiger partial charge < -0.3 is 16.0 Å². The highest BCUT2D eigenvalue weighted by atomic mass is 35.5. The van der Waals surface area contributed by atoms with Gasteiger partial charge in [-0.2, -0.15) is 23.5 Å². The van der Waals surface area contributed by atoms with E-state index in [1.54, 1.807) is 0 Å². The molecule has 3 N–H and O–H groups in total. The van der Waals surface area contributed by atoms with Gasteiger partial charge in [-0.1, -0.05) is 11.6 Å². The Hall–Kier alpha value is -4.11. The van der Waals surface area contributed by atoms with Gasteiger partial charge in [0.05, 0.1) is 41.5 Å². The second-order valence-corrected chi connectivity index (χ2v) is 8.07. The zero-order valence-electron chi connectivity index (χ0n) is 17.7. The number of aromatic nitrogens is 2. The van der Waals surface area contributed by atoms with E-state index in [2.05, 4.69) is 10.4 Å². The average Bonchev–Trinajstić information content (AvgIpc) is 3.17. The first-order chi connectivity index (χ1) is 16.5. The van der Waals surface area contributed by atoms with E-state index in [1.165, 1.54) is 27.8 Å². The van der Waals surface area contributed by atoms with E-state index in [9.17, 15) is 27.2 Å². The SMILES string of the molecule is N#Cc1ccc(NC(=O)N2CCn3nc(-c4cc(F)cc(Cl)c4)c(C(N)=O)c3C2)cc1C(F)(F)F. The molecular weight excluding hydrogens is 492 g/mol. The molecule has 0 atom stereocenters. The van der Waals surface area contributed by atoms with E-state index in [0.29, 0.717) is 6.07 Å². The number of hydrogen-bond acceptors (Lipinski definition) is 4. The molecule has 1 aromatic heterocycles. The molecule has 180 valence electrons. The van der Waals surface area contributed by atoms with Gasteiger partial charge in [0.2, 0.25) is 0 Å². The molecule has 2 heterocycles. The van der Waals surface area contributed by atoms with Gasteiger partial charge >= 0.3 is 12.2 Å². The summed E-state index contributed by atoms with van der Waals surface area (Å²) in [5.74, 6) is -1.50. The number of rotatable bonds is 3. The minimum atomic E-state index is -4.78. The van der Waals surface area contributed by atoms with E-state index >= 15 is 0 Å². The molecule has 0 fully saturated rings. The van der Waals surface area contributed by atoms with Crippen molar-refractivity contribution in [2.75, 3.05) is 11.9 Å². The number of amides is 3. The molecule has 3 aromatic rings. The van der Waals surface area contributed by atoms with Crippen molar-refractivity contribution in [2.24, 2.45) is 5.73 Å². The first-order valence-corrected chi connectivity index (χ1v) is 10.4. The van der Waals surface area contributed by atoms with E-state index in [0.717, 1.165) is 18.2 Å². The molecule has 1 aliphatic rings. The van der Waals surface area contributed by atoms with Crippen molar-refractivity contribution in [3.63, 3.8) is 0 Å². The van der Waals surface area contributed by atoms with Gasteiger partial charge in [-0.3, -0.25) is 9.48 Å². The zero-order chi connectivity index (χ0) is 25.5. The minimum absolute atomic E-state index is 0.0260. The topological polar surface area (TPSA) is 117 Å². The van der Waals surface area contributed by atoms with Gasteiger partial charge in [0.25, 0.3) is 5.91 Å². The first-order valence-electron chi connectivity index (χ1n) is 10.0. The van der Waals surface area contributed by atoms with Gasteiger partial charge in [0, 0.05) is 22.8 Å². The monoisotopic (exact) mass is 506 g/mol. The van der Waals surface area contributed by atoms with Crippen LogP contribution in [0, 0.1) is 17.1 Å². The van der Waals surface area contributed by atoms with Crippen LogP contribution in [-0.2, 0) is 19.3 Å². The normalized spacial score (nSPS) is 13.2. The number of nitrogens with one attached hydrogen (secondary N) is 1. The Balaban J connectivity index is 1.62. The molecule has 13 heteroatoms. The first kappa shape index (κ1) is 24.0. The molecule has 1 aliphatic heterocycles. The highest BCUT2D eigenvalue weighted by molar-refractivity contribution is 6.30. The molecule has 0 bridgehead atoms. The predicted molar refractivity (Wildman–Crippen MR) is 117 cm³/mol. The highest BCUT2D eigenvalue weighted by Gasteiger charge is 2.34. The average molecular weight is 507 g/mol. The van der Waals surface area contributed by atoms with Crippen LogP contribution in [-0.4, -0.2) is 33.2 Å². The number of nitrogens with zero attached hydrogens (tertiary/aromatic N) is 4. The summed E-state index contributed by atoms with van der Waals surface area (Å²) >= 11 is 5.92. The van der Waals surface area contributed by atoms with Crippen molar-refractivity contribution >= 4 is 29.2 Å². The van der Waals surface area contributed by atoms with E-state index in [1.807, 2.05) is 0 Å². The van der Waals surface area contributed by atoms with Crippen LogP contribution in [0.3, 0.4) is 0 Å². The fraction of sp³-hybridized carbons (Fsp3) is 0.182. The van der Waals surface area contributed by atoms with Crippen molar-refractivity contribution in [1.82, 2.24) is 14.7 Å². The summed E-state index contributed by atoms with van der Waals surface area (Å²) in [5, 5.41) is 15.7. The number of hydrogen-bond donors (Lipinski definition) is 2. The number of primary amides is 1. The Bertz CT molecular complexity index is 1380. The van der Waals surface area contributed by atoms with Crippen LogP contribution >= 0.6 is 11.6 Å². The number of alkyl halides is 3. The van der Waals surface area contributed by atoms with Crippen LogP contribution < -0.4 is 11.1 Å². The predicted octanol–water partition coefficient (Wildman–Crippen LogP) is 4.38. The molecule has 8 nitrogen and oxygen atoms in total. The lowest BCUT2D eigenvalue weighted by atomic mass is 10.0. The smallest absolute Gasteiger partial charge is 0.365 e. The molecule has 0 saturated carbocycles. The van der Waals surface area contributed by atoms with Crippen LogP contribution in [0.25, 0.3) is 11.3 Å². The highest BCUT2D eigenvalue weighted by Crippen LogP contribution is 2.34. The minimum Gasteiger partial charge on any atom is -0.365 e. The van der Waals surface area contributed by atoms with Crippen molar-refractivity contribution in [2.45, 2.75) is 19.3 Å². The van der Waals surface area contributed by atoms with Gasteiger partial charge in [-0.25, -0.2) is 9.18 Å². The van der Waals surface area contributed by atoms with Crippen LogP contribution in [0.1, 0.15) is 27.2 Å². The largest absolute Gasteiger partial charge is 0.417 e. The third-order valence-corrected chi connectivity index (χ3v) is 5.56. The number of carbonyl (C=O) groups is 2. The second-order valence-electron chi connectivity index (χ2n) is 7.64. The standard InChI is InChI=1S/C22H15ClF4N6O2/c23-13-5-12(6-14(24)7-13)19-18(20(29)34)17-10-32(3-4-33(17)31-19)21(35)30-15-2-1-11(9-28)16(8-15)22(25,26)27/h1-2,5-8H,3-4,10H2,(H2,29,34)(H,30,35). The van der Waals surface area contributed by atoms with Crippen LogP contribution in [0.15, 0.2) is 36.4 Å². The number of fused-ring (bicyclic) bond motifs is 1. The molecule has 4 rings (SSSR count). The van der Waals surface area contributed by atoms with E-state index in [-0.39, 0.29) is 52.9 Å². The summed E-state index contributed by atoms with van der Waals surface area (Å²) in [6.07, 6.45) is -4.78. The Morgan fingerprint density at radius 3 is 2.54 bits per heavy atom. The number of carbonyl (C=O) groups excluding carboxylic acids is 2. The third-order valence-electron chi connectivity index (χ3n) is 5.35. The lowest BCUT2D eigenvalue weighted by Crippen LogP contribution is -2.41. The van der Waals surface area contributed by atoms with Crippen LogP contribution in [0.4, 0.5) is 28.0 Å². The zero-order valence-corrected chi connectivity index (χ0v) is 18.4. The molecule has 0 aliphatic carbocycles. The fourth-order valence-electron chi connectivity index (χ4n) is 3.80. The molecule has 0 radical (unpaired) electrons. The van der Waals surface area contributed by atoms with Crippen molar-refractivity contribution in [1.29, 1.82) is 5.26 Å². The summed E-state index contributed by atoms with van der Waals surface area (Å²) in [6.45, 7) is 0.125. The fourth-order valence-corrected chi connectivity index (χ4v) is 4.02. The quantitative estimate of drug-likeness (QED) is 0.513. The van der Waals surface area contributed by atoms with Gasteiger partial charge in [-0.05, 0) is 36.4 Å². The number of urea groups is 1. The molecule has 0 unspecified atom stereocenters. The summed E-state index contributed by atoms with van der Waals surface area (Å²) in [5.41, 5.74) is 4.21. The molecular formula is C22H15ClF4N6O2. The molecule has 0 saturated heterocycles. The Labute approximate surface area is 200 Å². The number of nitriles is 1. The van der Waals surface area contributed by atoms with E-state index < -0.39 is 35.1 Å². The van der Waals surface area contributed by atoms with E-state index in [4.69, 9.17) is 22.6 Å². The lowest BCUT2D eigenvalue weighted by Gasteiger charge is -2.28. The van der Waals surface area contributed by atoms with Crippen molar-refractivity contribution in [3.05, 3.63) is 69.6 Å². The van der Waals surface area contributed by atoms with Gasteiger partial charge in [-0.15, -0.1) is 0 Å². The summed E-state index contributed by atoms with van der Waals surface area (Å²) in [7, 11) is 0. The number of benzene rings is 2. The van der Waals surface area contributed by atoms with Gasteiger partial charge in [0.15, 0.2) is 0 Å². The molecule has 2 aromatic carbocycles. The Morgan fingerprint density at radius 1 is 1.17 bits per heavy atom. The summed E-state index contributed by atoms with van der Waals surface area (Å²) < 4.78 is 55.0. The number of anilines is 1. The van der Waals surface area contributed by atoms with Crippen LogP contribution in [0.5, 0.6) is 0 Å². The van der Waals surface area contributed by atoms with Gasteiger partial charge in [0.1, 0.15) is 11.5 Å². The molecule has 35 heavy (non-hydrogen) atoms. The summed E-state index contributed by atoms with van der Waals surface area (Å²) in [4.78, 5) is 26.3. The third kappa shape index (κ3) is 4.76. The lowest BCUT2D eigenvalue weighted by molar-refractivity contribution is -0.137. The number of halogens is 5. The maximum Gasteiger partial charge on any atom is 0.417 e. The summed E-state index contributed by atoms with van der Waals surface area (Å²) in [6, 6.07) is 7.19. The number of nitrogens with two attached hydrogens (primary N) is 1. The Morgan fingerprint density at radius 2 is 1.91 bits per heavy atom. The van der Waals surface area contributed by atoms with Crippen LogP contribution in [0.2, 0.25) is 5.02 Å². The Kier molecular flexibility index (Phi) is 6.12. The maximum atomic E-state index is 13.9. The second kappa shape index (κ2) is 8.92.